The molecule has 2 aromatic rings. The first-order valence-corrected chi connectivity index (χ1v) is 5.64. The molecule has 0 saturated heterocycles. The van der Waals surface area contributed by atoms with Gasteiger partial charge in [0.1, 0.15) is 4.32 Å². The smallest absolute Gasteiger partial charge is 0.128 e. The first-order chi connectivity index (χ1) is 7.70. The fourth-order valence-corrected chi connectivity index (χ4v) is 1.26. The minimum Gasteiger partial charge on any atom is -0.385 e. The van der Waals surface area contributed by atoms with Gasteiger partial charge >= 0.3 is 0 Å². The third-order valence-corrected chi connectivity index (χ3v) is 1.88. The SMILES string of the molecule is NC(=S)S.[Cu].c1ccc(-c2ccccc2)cc1. The molecule has 0 aromatic heterocycles. The van der Waals surface area contributed by atoms with Gasteiger partial charge in [-0.3, -0.25) is 0 Å². The Balaban J connectivity index is 0.000000453. The summed E-state index contributed by atoms with van der Waals surface area (Å²) in [5.41, 5.74) is 7.26. The van der Waals surface area contributed by atoms with E-state index in [2.05, 4.69) is 73.4 Å². The van der Waals surface area contributed by atoms with Crippen LogP contribution >= 0.6 is 24.8 Å². The molecule has 2 rings (SSSR count). The van der Waals surface area contributed by atoms with Gasteiger partial charge in [0, 0.05) is 17.1 Å². The van der Waals surface area contributed by atoms with Gasteiger partial charge in [0.25, 0.3) is 0 Å². The molecule has 0 atom stereocenters. The van der Waals surface area contributed by atoms with Gasteiger partial charge in [0.15, 0.2) is 0 Å². The quantitative estimate of drug-likeness (QED) is 0.479. The van der Waals surface area contributed by atoms with Crippen molar-refractivity contribution in [1.82, 2.24) is 0 Å². The maximum absolute atomic E-state index is 4.71. The first-order valence-electron chi connectivity index (χ1n) is 4.79. The fraction of sp³-hybridized carbons (Fsp3) is 0. The molecule has 0 amide bonds. The predicted octanol–water partition coefficient (Wildman–Crippen LogP) is 3.51. The van der Waals surface area contributed by atoms with Gasteiger partial charge in [0.2, 0.25) is 0 Å². The number of rotatable bonds is 1. The Kier molecular flexibility index (Phi) is 8.82. The molecule has 4 heteroatoms. The van der Waals surface area contributed by atoms with E-state index in [0.29, 0.717) is 0 Å². The Morgan fingerprint density at radius 2 is 1.06 bits per heavy atom. The Morgan fingerprint density at radius 3 is 1.29 bits per heavy atom. The average molecular weight is 311 g/mol. The van der Waals surface area contributed by atoms with E-state index in [1.807, 2.05) is 12.1 Å². The zero-order valence-corrected chi connectivity index (χ0v) is 11.7. The molecular weight excluding hydrogens is 298 g/mol. The molecule has 0 fully saturated rings. The van der Waals surface area contributed by atoms with E-state index in [-0.39, 0.29) is 21.4 Å². The number of hydrogen-bond acceptors (Lipinski definition) is 1. The van der Waals surface area contributed by atoms with E-state index < -0.39 is 0 Å². The van der Waals surface area contributed by atoms with Crippen LogP contribution in [0.1, 0.15) is 0 Å². The van der Waals surface area contributed by atoms with Crippen molar-refractivity contribution in [1.29, 1.82) is 0 Å². The molecular formula is C13H13CuNS2. The van der Waals surface area contributed by atoms with Crippen LogP contribution in [-0.4, -0.2) is 4.32 Å². The molecule has 0 aliphatic carbocycles. The van der Waals surface area contributed by atoms with Crippen molar-refractivity contribution in [3.8, 4) is 11.1 Å². The minimum atomic E-state index is 0. The summed E-state index contributed by atoms with van der Waals surface area (Å²) in [6.45, 7) is 0. The number of thiocarbonyl (C=S) groups is 1. The maximum Gasteiger partial charge on any atom is 0.128 e. The zero-order valence-electron chi connectivity index (χ0n) is 9.01. The molecule has 0 unspecified atom stereocenters. The van der Waals surface area contributed by atoms with Gasteiger partial charge in [0.05, 0.1) is 0 Å². The molecule has 17 heavy (non-hydrogen) atoms. The third kappa shape index (κ3) is 7.18. The summed E-state index contributed by atoms with van der Waals surface area (Å²) >= 11 is 7.65. The molecule has 2 N–H and O–H groups in total. The van der Waals surface area contributed by atoms with Crippen LogP contribution in [0.25, 0.3) is 11.1 Å². The van der Waals surface area contributed by atoms with Crippen LogP contribution in [0, 0.1) is 0 Å². The molecule has 93 valence electrons. The largest absolute Gasteiger partial charge is 0.385 e. The van der Waals surface area contributed by atoms with Crippen molar-refractivity contribution in [2.24, 2.45) is 5.73 Å². The first kappa shape index (κ1) is 16.2. The molecule has 2 aromatic carbocycles. The molecule has 0 bridgehead atoms. The van der Waals surface area contributed by atoms with E-state index >= 15 is 0 Å². The normalized spacial score (nSPS) is 8.29. The second-order valence-electron chi connectivity index (χ2n) is 3.07. The Hall–Kier alpha value is -0.801. The van der Waals surface area contributed by atoms with E-state index in [1.54, 1.807) is 0 Å². The van der Waals surface area contributed by atoms with Gasteiger partial charge in [-0.25, -0.2) is 0 Å². The predicted molar refractivity (Wildman–Crippen MR) is 77.6 cm³/mol. The minimum absolute atomic E-state index is 0. The van der Waals surface area contributed by atoms with E-state index in [1.165, 1.54) is 11.1 Å². The van der Waals surface area contributed by atoms with E-state index in [9.17, 15) is 0 Å². The Morgan fingerprint density at radius 1 is 0.824 bits per heavy atom. The van der Waals surface area contributed by atoms with Gasteiger partial charge in [-0.05, 0) is 11.1 Å². The van der Waals surface area contributed by atoms with Crippen molar-refractivity contribution < 1.29 is 17.1 Å². The van der Waals surface area contributed by atoms with Crippen molar-refractivity contribution >= 4 is 29.2 Å². The van der Waals surface area contributed by atoms with Crippen molar-refractivity contribution in [3.05, 3.63) is 60.7 Å². The van der Waals surface area contributed by atoms with Crippen LogP contribution in [0.15, 0.2) is 60.7 Å². The molecule has 1 radical (unpaired) electrons. The summed E-state index contributed by atoms with van der Waals surface area (Å²) in [6.07, 6.45) is 0. The fourth-order valence-electron chi connectivity index (χ4n) is 1.26. The summed E-state index contributed by atoms with van der Waals surface area (Å²) in [5, 5.41) is 0. The number of nitrogens with two attached hydrogens (primary N) is 1. The maximum atomic E-state index is 4.71. The van der Waals surface area contributed by atoms with E-state index in [4.69, 9.17) is 5.73 Å². The van der Waals surface area contributed by atoms with Crippen LogP contribution in [-0.2, 0) is 17.1 Å². The second kappa shape index (κ2) is 9.25. The van der Waals surface area contributed by atoms with Gasteiger partial charge in [-0.2, -0.15) is 0 Å². The Labute approximate surface area is 123 Å². The van der Waals surface area contributed by atoms with Gasteiger partial charge < -0.3 is 5.73 Å². The van der Waals surface area contributed by atoms with Crippen LogP contribution in [0.3, 0.4) is 0 Å². The Bertz CT molecular complexity index is 390. The van der Waals surface area contributed by atoms with Crippen LogP contribution in [0.4, 0.5) is 0 Å². The molecule has 0 saturated carbocycles. The number of hydrogen-bond donors (Lipinski definition) is 2. The van der Waals surface area contributed by atoms with Crippen LogP contribution in [0.2, 0.25) is 0 Å². The van der Waals surface area contributed by atoms with Crippen molar-refractivity contribution in [2.75, 3.05) is 0 Å². The molecule has 0 aliphatic rings. The van der Waals surface area contributed by atoms with Gasteiger partial charge in [-0.15, -0.1) is 12.6 Å². The summed E-state index contributed by atoms with van der Waals surface area (Å²) in [4.78, 5) is 0. The molecule has 0 heterocycles. The van der Waals surface area contributed by atoms with Crippen LogP contribution in [0.5, 0.6) is 0 Å². The summed E-state index contributed by atoms with van der Waals surface area (Å²) < 4.78 is 0.194. The summed E-state index contributed by atoms with van der Waals surface area (Å²) in [5.74, 6) is 0. The van der Waals surface area contributed by atoms with Crippen molar-refractivity contribution in [3.63, 3.8) is 0 Å². The number of thiol groups is 1. The summed E-state index contributed by atoms with van der Waals surface area (Å²) in [6, 6.07) is 20.8. The topological polar surface area (TPSA) is 26.0 Å². The molecule has 0 spiro atoms. The monoisotopic (exact) mass is 310 g/mol. The third-order valence-electron chi connectivity index (χ3n) is 1.88. The zero-order chi connectivity index (χ0) is 11.8. The standard InChI is InChI=1S/C12H10.CH3NS2.Cu/c1-3-7-11(8-4-1)12-9-5-2-6-10-12;2-1(3)4;/h1-10H;(H3,2,3,4);. The van der Waals surface area contributed by atoms with Gasteiger partial charge in [-0.1, -0.05) is 72.9 Å². The molecule has 0 aliphatic heterocycles. The van der Waals surface area contributed by atoms with Crippen LogP contribution < -0.4 is 5.73 Å². The number of benzene rings is 2. The molecule has 1 nitrogen and oxygen atoms in total. The summed E-state index contributed by atoms with van der Waals surface area (Å²) in [7, 11) is 0. The second-order valence-corrected chi connectivity index (χ2v) is 4.29. The van der Waals surface area contributed by atoms with E-state index in [0.717, 1.165) is 0 Å². The van der Waals surface area contributed by atoms with Crippen molar-refractivity contribution in [2.45, 2.75) is 0 Å². The average Bonchev–Trinajstić information content (AvgIpc) is 2.31.